The molecule has 0 bridgehead atoms. The first-order valence-corrected chi connectivity index (χ1v) is 7.02. The van der Waals surface area contributed by atoms with Crippen molar-refractivity contribution >= 4 is 5.78 Å². The topological polar surface area (TPSA) is 26.3 Å². The van der Waals surface area contributed by atoms with Gasteiger partial charge < -0.3 is 4.74 Å². The highest BCUT2D eigenvalue weighted by atomic mass is 16.5. The second-order valence-electron chi connectivity index (χ2n) is 5.33. The van der Waals surface area contributed by atoms with Gasteiger partial charge in [0, 0.05) is 6.42 Å². The van der Waals surface area contributed by atoms with Crippen molar-refractivity contribution in [2.24, 2.45) is 0 Å². The summed E-state index contributed by atoms with van der Waals surface area (Å²) in [6.07, 6.45) is 0.922. The maximum atomic E-state index is 12.5. The van der Waals surface area contributed by atoms with E-state index in [1.165, 1.54) is 11.1 Å². The average Bonchev–Trinajstić information content (AvgIpc) is 2.46. The maximum absolute atomic E-state index is 12.5. The summed E-state index contributed by atoms with van der Waals surface area (Å²) in [4.78, 5) is 12.5. The van der Waals surface area contributed by atoms with E-state index in [0.29, 0.717) is 13.0 Å². The molecule has 1 aliphatic heterocycles. The zero-order valence-corrected chi connectivity index (χ0v) is 11.6. The lowest BCUT2D eigenvalue weighted by atomic mass is 9.92. The Morgan fingerprint density at radius 2 is 2.05 bits per heavy atom. The first kappa shape index (κ1) is 13.1. The summed E-state index contributed by atoms with van der Waals surface area (Å²) in [5, 5.41) is 0. The molecule has 0 aromatic heterocycles. The van der Waals surface area contributed by atoms with E-state index >= 15 is 0 Å². The second-order valence-corrected chi connectivity index (χ2v) is 5.33. The number of rotatable bonds is 3. The van der Waals surface area contributed by atoms with Gasteiger partial charge in [-0.15, -0.1) is 0 Å². The number of carbonyl (C=O) groups is 1. The number of Topliss-reactive ketones (excluding diaryl/α,β-unsaturated/α-hetero) is 1. The molecule has 0 amide bonds. The lowest BCUT2D eigenvalue weighted by Crippen LogP contribution is -2.24. The van der Waals surface area contributed by atoms with Crippen LogP contribution in [0.15, 0.2) is 48.5 Å². The maximum Gasteiger partial charge on any atom is 0.170 e. The highest BCUT2D eigenvalue weighted by molar-refractivity contribution is 5.87. The van der Waals surface area contributed by atoms with Gasteiger partial charge in [0.05, 0.1) is 6.61 Å². The van der Waals surface area contributed by atoms with E-state index in [9.17, 15) is 4.79 Å². The van der Waals surface area contributed by atoms with Crippen LogP contribution in [0.4, 0.5) is 0 Å². The summed E-state index contributed by atoms with van der Waals surface area (Å²) < 4.78 is 5.72. The molecular formula is C18H18O2. The van der Waals surface area contributed by atoms with Crippen molar-refractivity contribution in [1.82, 2.24) is 0 Å². The van der Waals surface area contributed by atoms with Crippen LogP contribution in [0.5, 0.6) is 0 Å². The van der Waals surface area contributed by atoms with Gasteiger partial charge in [-0.2, -0.15) is 0 Å². The Kier molecular flexibility index (Phi) is 3.66. The van der Waals surface area contributed by atoms with Gasteiger partial charge in [-0.25, -0.2) is 0 Å². The van der Waals surface area contributed by atoms with Crippen LogP contribution in [-0.2, 0) is 22.4 Å². The van der Waals surface area contributed by atoms with Crippen LogP contribution in [0.2, 0.25) is 0 Å². The zero-order valence-electron chi connectivity index (χ0n) is 11.6. The average molecular weight is 266 g/mol. The molecule has 0 N–H and O–H groups in total. The molecule has 1 unspecified atom stereocenters. The van der Waals surface area contributed by atoms with Crippen LogP contribution in [0.1, 0.15) is 28.4 Å². The van der Waals surface area contributed by atoms with Crippen molar-refractivity contribution in [3.63, 3.8) is 0 Å². The molecule has 0 saturated carbocycles. The summed E-state index contributed by atoms with van der Waals surface area (Å²) in [6, 6.07) is 16.2. The molecule has 20 heavy (non-hydrogen) atoms. The molecule has 0 radical (unpaired) electrons. The summed E-state index contributed by atoms with van der Waals surface area (Å²) >= 11 is 0. The van der Waals surface area contributed by atoms with E-state index in [4.69, 9.17) is 4.74 Å². The highest BCUT2D eigenvalue weighted by Crippen LogP contribution is 2.28. The molecule has 1 atom stereocenters. The van der Waals surface area contributed by atoms with Crippen molar-refractivity contribution in [2.75, 3.05) is 6.61 Å². The van der Waals surface area contributed by atoms with Gasteiger partial charge in [-0.1, -0.05) is 54.1 Å². The van der Waals surface area contributed by atoms with Crippen molar-refractivity contribution in [2.45, 2.75) is 25.9 Å². The molecular weight excluding hydrogens is 248 g/mol. The third-order valence-electron chi connectivity index (χ3n) is 3.75. The number of aryl methyl sites for hydroxylation is 1. The third-order valence-corrected chi connectivity index (χ3v) is 3.75. The fraction of sp³-hybridized carbons (Fsp3) is 0.278. The van der Waals surface area contributed by atoms with Crippen molar-refractivity contribution in [3.8, 4) is 0 Å². The fourth-order valence-electron chi connectivity index (χ4n) is 2.78. The van der Waals surface area contributed by atoms with Crippen LogP contribution in [0.3, 0.4) is 0 Å². The summed E-state index contributed by atoms with van der Waals surface area (Å²) in [6.45, 7) is 2.67. The summed E-state index contributed by atoms with van der Waals surface area (Å²) in [5.41, 5.74) is 4.51. The van der Waals surface area contributed by atoms with E-state index in [2.05, 4.69) is 12.1 Å². The Bertz CT molecular complexity index is 631. The molecule has 0 fully saturated rings. The van der Waals surface area contributed by atoms with Crippen LogP contribution in [-0.4, -0.2) is 12.4 Å². The molecule has 2 heteroatoms. The molecule has 0 saturated heterocycles. The van der Waals surface area contributed by atoms with Gasteiger partial charge in [0.25, 0.3) is 0 Å². The van der Waals surface area contributed by atoms with Crippen LogP contribution >= 0.6 is 0 Å². The largest absolute Gasteiger partial charge is 0.365 e. The predicted octanol–water partition coefficient (Wildman–Crippen LogP) is 3.42. The number of ketones is 1. The van der Waals surface area contributed by atoms with Gasteiger partial charge in [0.1, 0.15) is 6.10 Å². The minimum absolute atomic E-state index is 0.141. The summed E-state index contributed by atoms with van der Waals surface area (Å²) in [7, 11) is 0. The molecule has 1 heterocycles. The molecule has 1 aliphatic rings. The van der Waals surface area contributed by atoms with Crippen LogP contribution < -0.4 is 0 Å². The van der Waals surface area contributed by atoms with Crippen LogP contribution in [0, 0.1) is 6.92 Å². The van der Waals surface area contributed by atoms with E-state index in [-0.39, 0.29) is 5.78 Å². The molecule has 2 aromatic rings. The SMILES string of the molecule is Cc1cccc(CC(=O)C2OCCc3ccccc32)c1. The molecule has 102 valence electrons. The number of hydrogen-bond donors (Lipinski definition) is 0. The fourth-order valence-corrected chi connectivity index (χ4v) is 2.78. The number of carbonyl (C=O) groups excluding carboxylic acids is 1. The van der Waals surface area contributed by atoms with E-state index in [0.717, 1.165) is 17.5 Å². The Labute approximate surface area is 119 Å². The Morgan fingerprint density at radius 3 is 2.90 bits per heavy atom. The predicted molar refractivity (Wildman–Crippen MR) is 78.7 cm³/mol. The lowest BCUT2D eigenvalue weighted by Gasteiger charge is -2.25. The van der Waals surface area contributed by atoms with Crippen molar-refractivity contribution < 1.29 is 9.53 Å². The van der Waals surface area contributed by atoms with Gasteiger partial charge in [0.15, 0.2) is 5.78 Å². The first-order valence-electron chi connectivity index (χ1n) is 7.02. The van der Waals surface area contributed by atoms with Gasteiger partial charge >= 0.3 is 0 Å². The van der Waals surface area contributed by atoms with Gasteiger partial charge in [-0.3, -0.25) is 4.79 Å². The normalized spacial score (nSPS) is 17.6. The quantitative estimate of drug-likeness (QED) is 0.851. The smallest absolute Gasteiger partial charge is 0.170 e. The second kappa shape index (κ2) is 5.59. The highest BCUT2D eigenvalue weighted by Gasteiger charge is 2.26. The number of benzene rings is 2. The molecule has 2 nitrogen and oxygen atoms in total. The zero-order chi connectivity index (χ0) is 13.9. The van der Waals surface area contributed by atoms with Crippen molar-refractivity contribution in [1.29, 1.82) is 0 Å². The standard InChI is InChI=1S/C18H18O2/c1-13-5-4-6-14(11-13)12-17(19)18-16-8-3-2-7-15(16)9-10-20-18/h2-8,11,18H,9-10,12H2,1H3. The Morgan fingerprint density at radius 1 is 1.20 bits per heavy atom. The minimum atomic E-state index is -0.402. The molecule has 2 aromatic carbocycles. The third kappa shape index (κ3) is 2.66. The van der Waals surface area contributed by atoms with Crippen molar-refractivity contribution in [3.05, 3.63) is 70.8 Å². The monoisotopic (exact) mass is 266 g/mol. The summed E-state index contributed by atoms with van der Waals surface area (Å²) in [5.74, 6) is 0.141. The molecule has 0 spiro atoms. The number of fused-ring (bicyclic) bond motifs is 1. The van der Waals surface area contributed by atoms with E-state index < -0.39 is 6.10 Å². The van der Waals surface area contributed by atoms with Gasteiger partial charge in [-0.05, 0) is 30.0 Å². The lowest BCUT2D eigenvalue weighted by molar-refractivity contribution is -0.131. The Balaban J connectivity index is 1.82. The van der Waals surface area contributed by atoms with Crippen LogP contribution in [0.25, 0.3) is 0 Å². The minimum Gasteiger partial charge on any atom is -0.365 e. The first-order chi connectivity index (χ1) is 9.74. The number of ether oxygens (including phenoxy) is 1. The molecule has 3 rings (SSSR count). The van der Waals surface area contributed by atoms with Gasteiger partial charge in [0.2, 0.25) is 0 Å². The van der Waals surface area contributed by atoms with E-state index in [1.54, 1.807) is 0 Å². The Hall–Kier alpha value is -1.93. The van der Waals surface area contributed by atoms with E-state index in [1.807, 2.05) is 43.3 Å². The molecule has 0 aliphatic carbocycles. The number of hydrogen-bond acceptors (Lipinski definition) is 2.